The Hall–Kier alpha value is -1.46. The number of allylic oxidation sites excluding steroid dienone is 2. The standard InChI is InChI=1S/C19H24ClO6P/c1-5-10-7-14(27(24,25)26)11(6-2)17(20)15(10)18(23)16-12(21)8-19(3,4)9-13(16)22/h7,21H,5-6,8-9H2,1-4H3,(H2,24,25,26). The molecule has 0 saturated heterocycles. The molecule has 0 spiro atoms. The summed E-state index contributed by atoms with van der Waals surface area (Å²) in [4.78, 5) is 44.9. The molecule has 0 unspecified atom stereocenters. The number of aryl methyl sites for hydroxylation is 1. The molecule has 0 saturated carbocycles. The Morgan fingerprint density at radius 2 is 1.81 bits per heavy atom. The summed E-state index contributed by atoms with van der Waals surface area (Å²) in [5.41, 5.74) is -0.186. The Morgan fingerprint density at radius 1 is 1.22 bits per heavy atom. The highest BCUT2D eigenvalue weighted by molar-refractivity contribution is 7.60. The van der Waals surface area contributed by atoms with Gasteiger partial charge in [0.15, 0.2) is 5.78 Å². The van der Waals surface area contributed by atoms with Crippen LogP contribution >= 0.6 is 19.2 Å². The average molecular weight is 415 g/mol. The van der Waals surface area contributed by atoms with Gasteiger partial charge in [-0.3, -0.25) is 14.2 Å². The normalized spacial score (nSPS) is 17.4. The predicted molar refractivity (Wildman–Crippen MR) is 104 cm³/mol. The maximum Gasteiger partial charge on any atom is 0.356 e. The molecule has 1 aromatic rings. The highest BCUT2D eigenvalue weighted by Gasteiger charge is 2.38. The van der Waals surface area contributed by atoms with E-state index in [1.807, 2.05) is 13.8 Å². The Morgan fingerprint density at radius 3 is 2.26 bits per heavy atom. The second-order valence-electron chi connectivity index (χ2n) is 7.57. The number of halogens is 1. The molecule has 27 heavy (non-hydrogen) atoms. The molecule has 1 aliphatic rings. The number of rotatable bonds is 5. The summed E-state index contributed by atoms with van der Waals surface area (Å²) in [6.45, 7) is 7.05. The van der Waals surface area contributed by atoms with E-state index in [9.17, 15) is 29.0 Å². The van der Waals surface area contributed by atoms with Gasteiger partial charge < -0.3 is 14.9 Å². The first kappa shape index (κ1) is 21.8. The van der Waals surface area contributed by atoms with Crippen LogP contribution in [-0.4, -0.2) is 26.5 Å². The molecular weight excluding hydrogens is 391 g/mol. The van der Waals surface area contributed by atoms with Gasteiger partial charge in [0.05, 0.1) is 10.3 Å². The van der Waals surface area contributed by atoms with Crippen LogP contribution in [0.2, 0.25) is 5.02 Å². The largest absolute Gasteiger partial charge is 0.511 e. The zero-order chi connectivity index (χ0) is 20.7. The minimum absolute atomic E-state index is 0.0304. The maximum absolute atomic E-state index is 13.1. The number of benzene rings is 1. The molecule has 0 aliphatic heterocycles. The van der Waals surface area contributed by atoms with Gasteiger partial charge in [0.1, 0.15) is 11.3 Å². The molecule has 0 atom stereocenters. The first-order chi connectivity index (χ1) is 12.3. The summed E-state index contributed by atoms with van der Waals surface area (Å²) in [5, 5.41) is 10.1. The molecule has 6 nitrogen and oxygen atoms in total. The Kier molecular flexibility index (Phi) is 6.08. The minimum Gasteiger partial charge on any atom is -0.511 e. The van der Waals surface area contributed by atoms with E-state index < -0.39 is 24.6 Å². The van der Waals surface area contributed by atoms with E-state index in [1.54, 1.807) is 13.8 Å². The van der Waals surface area contributed by atoms with Crippen LogP contribution in [-0.2, 0) is 22.2 Å². The van der Waals surface area contributed by atoms with Crippen molar-refractivity contribution in [3.05, 3.63) is 39.1 Å². The van der Waals surface area contributed by atoms with Crippen LogP contribution in [0.1, 0.15) is 62.0 Å². The first-order valence-electron chi connectivity index (χ1n) is 8.74. The third-order valence-electron chi connectivity index (χ3n) is 4.78. The SMILES string of the molecule is CCc1cc(P(=O)(O)O)c(CC)c(Cl)c1C(=O)C1=C(O)CC(C)(C)CC1=O. The smallest absolute Gasteiger partial charge is 0.356 e. The van der Waals surface area contributed by atoms with Crippen molar-refractivity contribution in [1.29, 1.82) is 0 Å². The fraction of sp³-hybridized carbons (Fsp3) is 0.474. The number of hydrogen-bond donors (Lipinski definition) is 3. The van der Waals surface area contributed by atoms with Gasteiger partial charge in [0.25, 0.3) is 0 Å². The summed E-state index contributed by atoms with van der Waals surface area (Å²) >= 11 is 6.39. The van der Waals surface area contributed by atoms with Crippen LogP contribution in [0.15, 0.2) is 17.4 Å². The highest BCUT2D eigenvalue weighted by atomic mass is 35.5. The van der Waals surface area contributed by atoms with Gasteiger partial charge in [-0.15, -0.1) is 0 Å². The van der Waals surface area contributed by atoms with E-state index in [2.05, 4.69) is 0 Å². The molecule has 3 N–H and O–H groups in total. The number of aliphatic hydroxyl groups excluding tert-OH is 1. The lowest BCUT2D eigenvalue weighted by Crippen LogP contribution is -2.30. The van der Waals surface area contributed by atoms with Gasteiger partial charge in [-0.1, -0.05) is 39.3 Å². The van der Waals surface area contributed by atoms with Crippen molar-refractivity contribution in [3.8, 4) is 0 Å². The Bertz CT molecular complexity index is 894. The molecule has 2 rings (SSSR count). The van der Waals surface area contributed by atoms with Crippen molar-refractivity contribution < 1.29 is 29.0 Å². The highest BCUT2D eigenvalue weighted by Crippen LogP contribution is 2.41. The Labute approximate surface area is 163 Å². The fourth-order valence-electron chi connectivity index (χ4n) is 3.52. The lowest BCUT2D eigenvalue weighted by Gasteiger charge is -2.29. The molecule has 0 radical (unpaired) electrons. The average Bonchev–Trinajstić information content (AvgIpc) is 2.50. The Balaban J connectivity index is 2.74. The molecule has 8 heteroatoms. The van der Waals surface area contributed by atoms with Crippen molar-refractivity contribution in [2.24, 2.45) is 5.41 Å². The van der Waals surface area contributed by atoms with E-state index in [-0.39, 0.29) is 58.5 Å². The fourth-order valence-corrected chi connectivity index (χ4v) is 4.97. The maximum atomic E-state index is 13.1. The lowest BCUT2D eigenvalue weighted by molar-refractivity contribution is -0.118. The molecular formula is C19H24ClO6P. The number of hydrogen-bond acceptors (Lipinski definition) is 4. The van der Waals surface area contributed by atoms with E-state index in [1.165, 1.54) is 6.07 Å². The van der Waals surface area contributed by atoms with Crippen LogP contribution in [0, 0.1) is 5.41 Å². The van der Waals surface area contributed by atoms with Crippen molar-refractivity contribution in [3.63, 3.8) is 0 Å². The third-order valence-corrected chi connectivity index (χ3v) is 6.22. The van der Waals surface area contributed by atoms with E-state index in [0.29, 0.717) is 5.56 Å². The van der Waals surface area contributed by atoms with Crippen LogP contribution in [0.3, 0.4) is 0 Å². The zero-order valence-electron chi connectivity index (χ0n) is 15.8. The van der Waals surface area contributed by atoms with E-state index >= 15 is 0 Å². The number of ketones is 2. The van der Waals surface area contributed by atoms with E-state index in [0.717, 1.165) is 0 Å². The number of carbonyl (C=O) groups is 2. The van der Waals surface area contributed by atoms with Gasteiger partial charge in [0.2, 0.25) is 5.78 Å². The van der Waals surface area contributed by atoms with E-state index in [4.69, 9.17) is 11.6 Å². The first-order valence-corrected chi connectivity index (χ1v) is 10.7. The summed E-state index contributed by atoms with van der Waals surface area (Å²) in [7, 11) is -4.59. The van der Waals surface area contributed by atoms with Gasteiger partial charge in [-0.05, 0) is 35.4 Å². The van der Waals surface area contributed by atoms with Crippen LogP contribution in [0.5, 0.6) is 0 Å². The van der Waals surface area contributed by atoms with Crippen molar-refractivity contribution in [1.82, 2.24) is 0 Å². The quantitative estimate of drug-likeness (QED) is 0.385. The van der Waals surface area contributed by atoms with Crippen molar-refractivity contribution in [2.45, 2.75) is 53.4 Å². The van der Waals surface area contributed by atoms with Crippen LogP contribution in [0.4, 0.5) is 0 Å². The summed E-state index contributed by atoms with van der Waals surface area (Å²) in [6.07, 6.45) is 0.805. The topological polar surface area (TPSA) is 112 Å². The number of carbonyl (C=O) groups excluding carboxylic acids is 2. The summed E-state index contributed by atoms with van der Waals surface area (Å²) < 4.78 is 11.8. The molecule has 0 fully saturated rings. The molecule has 1 aromatic carbocycles. The summed E-state index contributed by atoms with van der Waals surface area (Å²) in [6, 6.07) is 1.29. The molecule has 0 amide bonds. The molecule has 0 bridgehead atoms. The summed E-state index contributed by atoms with van der Waals surface area (Å²) in [5.74, 6) is -1.41. The molecule has 0 heterocycles. The zero-order valence-corrected chi connectivity index (χ0v) is 17.4. The molecule has 0 aromatic heterocycles. The lowest BCUT2D eigenvalue weighted by atomic mass is 9.75. The second kappa shape index (κ2) is 7.51. The van der Waals surface area contributed by atoms with Crippen molar-refractivity contribution >= 4 is 36.1 Å². The van der Waals surface area contributed by atoms with Crippen LogP contribution < -0.4 is 5.30 Å². The third kappa shape index (κ3) is 4.19. The van der Waals surface area contributed by atoms with Gasteiger partial charge >= 0.3 is 7.60 Å². The molecule has 1 aliphatic carbocycles. The molecule has 148 valence electrons. The number of Topliss-reactive ketones (excluding diaryl/α,β-unsaturated/α-hetero) is 2. The predicted octanol–water partition coefficient (Wildman–Crippen LogP) is 3.65. The van der Waals surface area contributed by atoms with Crippen LogP contribution in [0.25, 0.3) is 0 Å². The number of aliphatic hydroxyl groups is 1. The van der Waals surface area contributed by atoms with Gasteiger partial charge in [0, 0.05) is 18.4 Å². The monoisotopic (exact) mass is 414 g/mol. The second-order valence-corrected chi connectivity index (χ2v) is 9.51. The van der Waals surface area contributed by atoms with Crippen molar-refractivity contribution in [2.75, 3.05) is 0 Å². The van der Waals surface area contributed by atoms with Gasteiger partial charge in [-0.25, -0.2) is 0 Å². The minimum atomic E-state index is -4.59. The van der Waals surface area contributed by atoms with Gasteiger partial charge in [-0.2, -0.15) is 0 Å².